The highest BCUT2D eigenvalue weighted by Gasteiger charge is 2.32. The van der Waals surface area contributed by atoms with Gasteiger partial charge in [0, 0.05) is 50.9 Å². The second-order valence-electron chi connectivity index (χ2n) is 7.28. The highest BCUT2D eigenvalue weighted by molar-refractivity contribution is 7.91. The Labute approximate surface area is 160 Å². The van der Waals surface area contributed by atoms with E-state index in [0.29, 0.717) is 32.5 Å². The molecule has 0 bridgehead atoms. The Morgan fingerprint density at radius 3 is 2.41 bits per heavy atom. The van der Waals surface area contributed by atoms with E-state index < -0.39 is 9.84 Å². The maximum Gasteiger partial charge on any atom is 0.223 e. The Kier molecular flexibility index (Phi) is 6.37. The average molecular weight is 398 g/mol. The van der Waals surface area contributed by atoms with Gasteiger partial charge in [-0.1, -0.05) is 6.92 Å². The Morgan fingerprint density at radius 2 is 1.85 bits per heavy atom. The number of carbonyl (C=O) groups excluding carboxylic acids is 1. The van der Waals surface area contributed by atoms with Gasteiger partial charge in [0.1, 0.15) is 5.82 Å². The monoisotopic (exact) mass is 397 g/mol. The van der Waals surface area contributed by atoms with Crippen LogP contribution in [0.5, 0.6) is 0 Å². The number of halogens is 1. The third-order valence-corrected chi connectivity index (χ3v) is 7.32. The van der Waals surface area contributed by atoms with Crippen molar-refractivity contribution in [2.45, 2.75) is 25.8 Å². The van der Waals surface area contributed by atoms with Crippen LogP contribution in [0.15, 0.2) is 24.3 Å². The Bertz CT molecular complexity index is 746. The Balaban J connectivity index is 1.46. The average Bonchev–Trinajstić information content (AvgIpc) is 3.02. The number of benzene rings is 1. The minimum atomic E-state index is -2.91. The lowest BCUT2D eigenvalue weighted by Crippen LogP contribution is -2.49. The molecule has 2 fully saturated rings. The van der Waals surface area contributed by atoms with Gasteiger partial charge < -0.3 is 9.80 Å². The van der Waals surface area contributed by atoms with Crippen LogP contribution in [0.2, 0.25) is 0 Å². The normalized spacial score (nSPS) is 22.4. The summed E-state index contributed by atoms with van der Waals surface area (Å²) in [4.78, 5) is 18.7. The van der Waals surface area contributed by atoms with Crippen molar-refractivity contribution in [3.05, 3.63) is 30.1 Å². The SMILES string of the molecule is CCN(CCC(=O)N1CCN(c2ccc(F)cc2)CC1)C1CCS(=O)(=O)C1. The first kappa shape index (κ1) is 20.1. The van der Waals surface area contributed by atoms with Gasteiger partial charge >= 0.3 is 0 Å². The molecule has 0 radical (unpaired) electrons. The van der Waals surface area contributed by atoms with E-state index in [1.807, 2.05) is 11.8 Å². The number of sulfone groups is 1. The second kappa shape index (κ2) is 8.56. The van der Waals surface area contributed by atoms with Crippen LogP contribution in [-0.2, 0) is 14.6 Å². The first-order valence-corrected chi connectivity index (χ1v) is 11.4. The van der Waals surface area contributed by atoms with E-state index in [4.69, 9.17) is 0 Å². The molecule has 1 aromatic rings. The lowest BCUT2D eigenvalue weighted by atomic mass is 10.2. The van der Waals surface area contributed by atoms with Crippen LogP contribution >= 0.6 is 0 Å². The molecular formula is C19H28FN3O3S. The van der Waals surface area contributed by atoms with Crippen LogP contribution < -0.4 is 4.90 Å². The molecule has 150 valence electrons. The summed E-state index contributed by atoms with van der Waals surface area (Å²) in [5.41, 5.74) is 0.975. The number of hydrogen-bond acceptors (Lipinski definition) is 5. The molecule has 1 amide bonds. The van der Waals surface area contributed by atoms with Crippen LogP contribution in [0.4, 0.5) is 10.1 Å². The van der Waals surface area contributed by atoms with E-state index in [0.717, 1.165) is 25.3 Å². The van der Waals surface area contributed by atoms with E-state index in [1.165, 1.54) is 12.1 Å². The zero-order valence-electron chi connectivity index (χ0n) is 15.8. The van der Waals surface area contributed by atoms with Gasteiger partial charge in [-0.25, -0.2) is 12.8 Å². The van der Waals surface area contributed by atoms with Crippen molar-refractivity contribution in [2.75, 3.05) is 55.7 Å². The van der Waals surface area contributed by atoms with Crippen molar-refractivity contribution in [3.63, 3.8) is 0 Å². The standard InChI is InChI=1S/C19H28FN3O3S/c1-2-21(18-8-14-27(25,26)15-18)9-7-19(24)23-12-10-22(11-13-23)17-5-3-16(20)4-6-17/h3-6,18H,2,7-15H2,1H3. The van der Waals surface area contributed by atoms with Crippen LogP contribution in [0.1, 0.15) is 19.8 Å². The molecule has 0 saturated carbocycles. The van der Waals surface area contributed by atoms with Gasteiger partial charge in [-0.15, -0.1) is 0 Å². The quantitative estimate of drug-likeness (QED) is 0.726. The molecule has 6 nitrogen and oxygen atoms in total. The lowest BCUT2D eigenvalue weighted by Gasteiger charge is -2.36. The smallest absolute Gasteiger partial charge is 0.223 e. The Morgan fingerprint density at radius 1 is 1.19 bits per heavy atom. The van der Waals surface area contributed by atoms with E-state index in [2.05, 4.69) is 9.80 Å². The third kappa shape index (κ3) is 5.19. The summed E-state index contributed by atoms with van der Waals surface area (Å²) in [6.45, 7) is 6.14. The molecular weight excluding hydrogens is 369 g/mol. The van der Waals surface area contributed by atoms with Gasteiger partial charge in [-0.2, -0.15) is 0 Å². The molecule has 1 atom stereocenters. The van der Waals surface area contributed by atoms with Crippen molar-refractivity contribution in [1.29, 1.82) is 0 Å². The fourth-order valence-corrected chi connectivity index (χ4v) is 5.69. The zero-order valence-corrected chi connectivity index (χ0v) is 16.6. The van der Waals surface area contributed by atoms with Crippen molar-refractivity contribution in [1.82, 2.24) is 9.80 Å². The summed E-state index contributed by atoms with van der Waals surface area (Å²) in [5, 5.41) is 0. The number of rotatable bonds is 6. The molecule has 0 N–H and O–H groups in total. The second-order valence-corrected chi connectivity index (χ2v) is 9.51. The number of anilines is 1. The van der Waals surface area contributed by atoms with Crippen molar-refractivity contribution >= 4 is 21.4 Å². The fraction of sp³-hybridized carbons (Fsp3) is 0.632. The highest BCUT2D eigenvalue weighted by atomic mass is 32.2. The molecule has 1 unspecified atom stereocenters. The van der Waals surface area contributed by atoms with Gasteiger partial charge in [0.2, 0.25) is 5.91 Å². The lowest BCUT2D eigenvalue weighted by molar-refractivity contribution is -0.131. The number of carbonyl (C=O) groups is 1. The van der Waals surface area contributed by atoms with Crippen molar-refractivity contribution in [3.8, 4) is 0 Å². The van der Waals surface area contributed by atoms with Crippen LogP contribution in [0.25, 0.3) is 0 Å². The molecule has 0 aromatic heterocycles. The van der Waals surface area contributed by atoms with Gasteiger partial charge in [0.05, 0.1) is 11.5 Å². The summed E-state index contributed by atoms with van der Waals surface area (Å²) in [6, 6.07) is 6.48. The van der Waals surface area contributed by atoms with Crippen LogP contribution in [0.3, 0.4) is 0 Å². The summed E-state index contributed by atoms with van der Waals surface area (Å²) in [7, 11) is -2.91. The third-order valence-electron chi connectivity index (χ3n) is 5.57. The minimum Gasteiger partial charge on any atom is -0.368 e. The molecule has 1 aromatic carbocycles. The largest absolute Gasteiger partial charge is 0.368 e. The van der Waals surface area contributed by atoms with Crippen LogP contribution in [-0.4, -0.2) is 80.9 Å². The topological polar surface area (TPSA) is 60.9 Å². The van der Waals surface area contributed by atoms with Gasteiger partial charge in [-0.3, -0.25) is 9.69 Å². The summed E-state index contributed by atoms with van der Waals surface area (Å²) in [5.74, 6) is 0.343. The maximum absolute atomic E-state index is 13.0. The van der Waals surface area contributed by atoms with Gasteiger partial charge in [0.25, 0.3) is 0 Å². The molecule has 0 aliphatic carbocycles. The highest BCUT2D eigenvalue weighted by Crippen LogP contribution is 2.19. The van der Waals surface area contributed by atoms with Crippen molar-refractivity contribution < 1.29 is 17.6 Å². The maximum atomic E-state index is 13.0. The first-order chi connectivity index (χ1) is 12.9. The fourth-order valence-electron chi connectivity index (χ4n) is 3.93. The number of nitrogens with zero attached hydrogens (tertiary/aromatic N) is 3. The molecule has 2 heterocycles. The number of hydrogen-bond donors (Lipinski definition) is 0. The predicted molar refractivity (Wildman–Crippen MR) is 104 cm³/mol. The van der Waals surface area contributed by atoms with E-state index in [9.17, 15) is 17.6 Å². The number of piperazine rings is 1. The summed E-state index contributed by atoms with van der Waals surface area (Å²) in [6.07, 6.45) is 1.08. The molecule has 2 aliphatic heterocycles. The molecule has 27 heavy (non-hydrogen) atoms. The molecule has 2 saturated heterocycles. The van der Waals surface area contributed by atoms with E-state index in [1.54, 1.807) is 12.1 Å². The summed E-state index contributed by atoms with van der Waals surface area (Å²) >= 11 is 0. The zero-order chi connectivity index (χ0) is 19.4. The molecule has 3 rings (SSSR count). The Hall–Kier alpha value is -1.67. The molecule has 8 heteroatoms. The van der Waals surface area contributed by atoms with Crippen LogP contribution in [0, 0.1) is 5.82 Å². The van der Waals surface area contributed by atoms with Gasteiger partial charge in [0.15, 0.2) is 9.84 Å². The molecule has 2 aliphatic rings. The number of amides is 1. The van der Waals surface area contributed by atoms with Crippen molar-refractivity contribution in [2.24, 2.45) is 0 Å². The molecule has 0 spiro atoms. The van der Waals surface area contributed by atoms with E-state index >= 15 is 0 Å². The predicted octanol–water partition coefficient (Wildman–Crippen LogP) is 1.37. The van der Waals surface area contributed by atoms with Gasteiger partial charge in [-0.05, 0) is 37.2 Å². The minimum absolute atomic E-state index is 0.0446. The first-order valence-electron chi connectivity index (χ1n) is 9.61. The summed E-state index contributed by atoms with van der Waals surface area (Å²) < 4.78 is 36.4. The van der Waals surface area contributed by atoms with E-state index in [-0.39, 0.29) is 29.3 Å².